The second kappa shape index (κ2) is 20.5. The van der Waals surface area contributed by atoms with E-state index >= 15 is 0 Å². The molecule has 13 nitrogen and oxygen atoms in total. The molecule has 0 saturated carbocycles. The summed E-state index contributed by atoms with van der Waals surface area (Å²) in [6.45, 7) is 17.8. The lowest BCUT2D eigenvalue weighted by atomic mass is 9.92. The molecule has 2 heterocycles. The molecule has 1 saturated heterocycles. The highest BCUT2D eigenvalue weighted by Gasteiger charge is 2.48. The first-order valence-corrected chi connectivity index (χ1v) is 20.4. The molecule has 4 rings (SSSR count). The lowest BCUT2D eigenvalue weighted by Crippen LogP contribution is -2.51. The maximum Gasteiger partial charge on any atom is 0.407 e. The second-order valence-corrected chi connectivity index (χ2v) is 17.7. The summed E-state index contributed by atoms with van der Waals surface area (Å²) in [5, 5.41) is 12.2. The summed E-state index contributed by atoms with van der Waals surface area (Å²) < 4.78 is 23.4. The van der Waals surface area contributed by atoms with E-state index in [2.05, 4.69) is 21.3 Å². The Labute approximate surface area is 347 Å². The van der Waals surface area contributed by atoms with Crippen molar-refractivity contribution in [3.8, 4) is 0 Å². The molecule has 0 aliphatic carbocycles. The molecule has 0 aromatic heterocycles. The van der Waals surface area contributed by atoms with Crippen molar-refractivity contribution < 1.29 is 42.9 Å². The summed E-state index contributed by atoms with van der Waals surface area (Å²) >= 11 is 6.36. The van der Waals surface area contributed by atoms with E-state index in [1.54, 1.807) is 26.0 Å². The van der Waals surface area contributed by atoms with E-state index in [1.807, 2.05) is 84.9 Å². The quantitative estimate of drug-likeness (QED) is 0.0856. The van der Waals surface area contributed by atoms with Gasteiger partial charge >= 0.3 is 18.0 Å². The molecule has 58 heavy (non-hydrogen) atoms. The largest absolute Gasteiger partial charge is 0.459 e. The van der Waals surface area contributed by atoms with Crippen molar-refractivity contribution in [2.75, 3.05) is 19.6 Å². The fourth-order valence-corrected chi connectivity index (χ4v) is 6.58. The van der Waals surface area contributed by atoms with Crippen LogP contribution in [0.15, 0.2) is 54.6 Å². The highest BCUT2D eigenvalue weighted by atomic mass is 35.5. The molecular weight excluding hydrogens is 764 g/mol. The van der Waals surface area contributed by atoms with Gasteiger partial charge in [0.15, 0.2) is 6.10 Å². The standard InChI is InChI=1S/C44H61ClN4O9/c1-26(2)21-35-40(52)55-34(28(4)37-38(57-37)31-17-15-29(16-18-31)24-46-19-20-47-42(54)58-43(5,6)7)11-10-12-36(50)49-33(23-30-14-13-27(3)32(45)22-30)39(51)48-25-44(8,9)41(53)56-35/h10,12-18,22,26,28,33-35,37-38,46H,11,19-21,23-25H2,1-9H3,(H,47,54)(H,48,51)(H,49,50)/b12-10+/t28-,33+,34-,35-,37+,38+/m0/s1. The van der Waals surface area contributed by atoms with Gasteiger partial charge in [-0.2, -0.15) is 0 Å². The predicted molar refractivity (Wildman–Crippen MR) is 221 cm³/mol. The Hall–Kier alpha value is -4.46. The zero-order chi connectivity index (χ0) is 42.8. The first-order valence-electron chi connectivity index (χ1n) is 20.1. The number of halogens is 1. The Kier molecular flexibility index (Phi) is 16.3. The number of esters is 2. The number of amides is 3. The van der Waals surface area contributed by atoms with Crippen molar-refractivity contribution in [3.63, 3.8) is 0 Å². The minimum atomic E-state index is -1.21. The Balaban J connectivity index is 1.47. The molecule has 3 amide bonds. The first-order chi connectivity index (χ1) is 27.2. The average Bonchev–Trinajstić information content (AvgIpc) is 3.94. The van der Waals surface area contributed by atoms with Crippen molar-refractivity contribution in [1.82, 2.24) is 21.3 Å². The minimum absolute atomic E-state index is 0.00233. The molecule has 1 fully saturated rings. The maximum absolute atomic E-state index is 13.8. The average molecular weight is 825 g/mol. The number of ether oxygens (including phenoxy) is 4. The number of carbonyl (C=O) groups is 5. The number of aryl methyl sites for hydroxylation is 1. The number of rotatable bonds is 12. The second-order valence-electron chi connectivity index (χ2n) is 17.3. The van der Waals surface area contributed by atoms with E-state index in [9.17, 15) is 24.0 Å². The molecule has 0 bridgehead atoms. The van der Waals surface area contributed by atoms with E-state index < -0.39 is 59.1 Å². The topological polar surface area (TPSA) is 174 Å². The summed E-state index contributed by atoms with van der Waals surface area (Å²) in [6.07, 6.45) is 0.628. The molecule has 4 N–H and O–H groups in total. The third kappa shape index (κ3) is 14.4. The number of nitrogens with one attached hydrogen (secondary N) is 4. The lowest BCUT2D eigenvalue weighted by Gasteiger charge is -2.29. The third-order valence-electron chi connectivity index (χ3n) is 9.91. The number of epoxide rings is 1. The lowest BCUT2D eigenvalue weighted by molar-refractivity contribution is -0.179. The van der Waals surface area contributed by atoms with Crippen molar-refractivity contribution >= 4 is 41.4 Å². The van der Waals surface area contributed by atoms with Gasteiger partial charge in [0.1, 0.15) is 23.9 Å². The zero-order valence-corrected chi connectivity index (χ0v) is 36.0. The molecule has 2 aromatic carbocycles. The summed E-state index contributed by atoms with van der Waals surface area (Å²) in [4.78, 5) is 66.0. The van der Waals surface area contributed by atoms with Crippen LogP contribution in [0.3, 0.4) is 0 Å². The molecule has 6 atom stereocenters. The van der Waals surface area contributed by atoms with Crippen LogP contribution in [-0.4, -0.2) is 79.4 Å². The number of alkyl carbamates (subject to hydrolysis) is 1. The zero-order valence-electron chi connectivity index (χ0n) is 35.2. The smallest absolute Gasteiger partial charge is 0.407 e. The van der Waals surface area contributed by atoms with Gasteiger partial charge in [0.25, 0.3) is 0 Å². The maximum atomic E-state index is 13.8. The van der Waals surface area contributed by atoms with Gasteiger partial charge in [0, 0.05) is 50.0 Å². The van der Waals surface area contributed by atoms with Crippen LogP contribution in [-0.2, 0) is 51.1 Å². The molecule has 0 spiro atoms. The van der Waals surface area contributed by atoms with Gasteiger partial charge in [0.2, 0.25) is 11.8 Å². The van der Waals surface area contributed by atoms with Crippen LogP contribution >= 0.6 is 11.6 Å². The molecule has 2 aliphatic rings. The van der Waals surface area contributed by atoms with Gasteiger partial charge in [-0.3, -0.25) is 14.4 Å². The monoisotopic (exact) mass is 824 g/mol. The highest BCUT2D eigenvalue weighted by molar-refractivity contribution is 6.31. The molecular formula is C44H61ClN4O9. The summed E-state index contributed by atoms with van der Waals surface area (Å²) in [5.41, 5.74) is 1.89. The van der Waals surface area contributed by atoms with Crippen molar-refractivity contribution in [2.24, 2.45) is 17.3 Å². The van der Waals surface area contributed by atoms with Crippen LogP contribution in [0, 0.1) is 24.2 Å². The summed E-state index contributed by atoms with van der Waals surface area (Å²) in [6, 6.07) is 12.5. The Bertz CT molecular complexity index is 1790. The molecule has 318 valence electrons. The van der Waals surface area contributed by atoms with Crippen LogP contribution in [0.4, 0.5) is 4.79 Å². The van der Waals surface area contributed by atoms with Crippen LogP contribution in [0.1, 0.15) is 96.6 Å². The predicted octanol–water partition coefficient (Wildman–Crippen LogP) is 6.04. The van der Waals surface area contributed by atoms with E-state index in [1.165, 1.54) is 6.08 Å². The molecule has 2 aliphatic heterocycles. The fraction of sp³-hybridized carbons (Fsp3) is 0.568. The van der Waals surface area contributed by atoms with Crippen LogP contribution in [0.2, 0.25) is 5.02 Å². The van der Waals surface area contributed by atoms with Crippen LogP contribution < -0.4 is 21.3 Å². The normalized spacial score (nSPS) is 24.2. The number of carbonyl (C=O) groups excluding carboxylic acids is 5. The Morgan fingerprint density at radius 1 is 1.00 bits per heavy atom. The van der Waals surface area contributed by atoms with Gasteiger partial charge in [0.05, 0.1) is 11.5 Å². The van der Waals surface area contributed by atoms with Crippen LogP contribution in [0.5, 0.6) is 0 Å². The Morgan fingerprint density at radius 3 is 2.34 bits per heavy atom. The fourth-order valence-electron chi connectivity index (χ4n) is 6.37. The molecule has 14 heteroatoms. The summed E-state index contributed by atoms with van der Waals surface area (Å²) in [5.74, 6) is -2.65. The number of cyclic esters (lactones) is 2. The van der Waals surface area contributed by atoms with E-state index in [-0.39, 0.29) is 49.9 Å². The number of hydrogen-bond donors (Lipinski definition) is 4. The highest BCUT2D eigenvalue weighted by Crippen LogP contribution is 2.45. The third-order valence-corrected chi connectivity index (χ3v) is 10.3. The van der Waals surface area contributed by atoms with E-state index in [0.717, 1.165) is 22.3 Å². The first kappa shape index (κ1) is 46.2. The van der Waals surface area contributed by atoms with Crippen molar-refractivity contribution in [1.29, 1.82) is 0 Å². The van der Waals surface area contributed by atoms with Gasteiger partial charge in [-0.05, 0) is 88.3 Å². The summed E-state index contributed by atoms with van der Waals surface area (Å²) in [7, 11) is 0. The van der Waals surface area contributed by atoms with E-state index in [0.29, 0.717) is 24.7 Å². The number of benzene rings is 2. The minimum Gasteiger partial charge on any atom is -0.459 e. The molecule has 0 radical (unpaired) electrons. The van der Waals surface area contributed by atoms with Gasteiger partial charge in [-0.25, -0.2) is 9.59 Å². The van der Waals surface area contributed by atoms with Crippen LogP contribution in [0.25, 0.3) is 0 Å². The van der Waals surface area contributed by atoms with Crippen molar-refractivity contribution in [3.05, 3.63) is 81.9 Å². The van der Waals surface area contributed by atoms with Crippen molar-refractivity contribution in [2.45, 2.75) is 124 Å². The van der Waals surface area contributed by atoms with Gasteiger partial charge < -0.3 is 40.2 Å². The number of hydrogen-bond acceptors (Lipinski definition) is 10. The Morgan fingerprint density at radius 2 is 1.69 bits per heavy atom. The van der Waals surface area contributed by atoms with Gasteiger partial charge in [-0.15, -0.1) is 0 Å². The molecule has 0 unspecified atom stereocenters. The SMILES string of the molecule is Cc1ccc(C[C@H]2NC(=O)/C=C/C[C@@H]([C@H](C)[C@H]3O[C@@H]3c3ccc(CNCCNC(=O)OC(C)(C)C)cc3)OC(=O)[C@H](CC(C)C)OC(=O)C(C)(C)CNC2=O)cc1Cl. The molecule has 2 aromatic rings. The van der Waals surface area contributed by atoms with Gasteiger partial charge in [-0.1, -0.05) is 74.8 Å². The van der Waals surface area contributed by atoms with E-state index in [4.69, 9.17) is 30.5 Å².